The molecule has 112 valence electrons. The predicted molar refractivity (Wildman–Crippen MR) is 77.9 cm³/mol. The number of hydrazine groups is 1. The van der Waals surface area contributed by atoms with E-state index in [1.807, 2.05) is 6.07 Å². The van der Waals surface area contributed by atoms with Crippen LogP contribution in [0.15, 0.2) is 16.5 Å². The maximum atomic E-state index is 11.3. The summed E-state index contributed by atoms with van der Waals surface area (Å²) < 4.78 is 5.52. The lowest BCUT2D eigenvalue weighted by Gasteiger charge is -2.18. The molecular weight excluding hydrogens is 254 g/mol. The van der Waals surface area contributed by atoms with Crippen LogP contribution in [0.4, 0.5) is 0 Å². The van der Waals surface area contributed by atoms with Gasteiger partial charge in [0.05, 0.1) is 6.54 Å². The molecule has 0 aliphatic carbocycles. The second-order valence-corrected chi connectivity index (χ2v) is 5.60. The van der Waals surface area contributed by atoms with Gasteiger partial charge in [-0.05, 0) is 50.4 Å². The second kappa shape index (κ2) is 7.45. The Bertz CT molecular complexity index is 431. The normalized spacial score (nSPS) is 20.6. The van der Waals surface area contributed by atoms with Gasteiger partial charge in [0.2, 0.25) is 0 Å². The van der Waals surface area contributed by atoms with Gasteiger partial charge < -0.3 is 4.42 Å². The minimum atomic E-state index is -0.380. The van der Waals surface area contributed by atoms with Crippen molar-refractivity contribution in [2.45, 2.75) is 45.6 Å². The molecule has 1 aliphatic heterocycles. The standard InChI is InChI=1S/C15H25N3O2/c1-2-4-12-5-3-9-18(10-8-12)11-13-6-7-14(20-13)15(19)17-16/h6-7,12H,2-5,8-11,16H2,1H3,(H,17,19). The summed E-state index contributed by atoms with van der Waals surface area (Å²) in [7, 11) is 0. The maximum absolute atomic E-state index is 11.3. The number of carbonyl (C=O) groups is 1. The van der Waals surface area contributed by atoms with Gasteiger partial charge in [0.1, 0.15) is 5.76 Å². The molecule has 0 radical (unpaired) electrons. The van der Waals surface area contributed by atoms with E-state index in [2.05, 4.69) is 17.2 Å². The van der Waals surface area contributed by atoms with Gasteiger partial charge in [-0.1, -0.05) is 19.8 Å². The van der Waals surface area contributed by atoms with E-state index < -0.39 is 0 Å². The summed E-state index contributed by atoms with van der Waals surface area (Å²) >= 11 is 0. The molecule has 1 unspecified atom stereocenters. The van der Waals surface area contributed by atoms with Gasteiger partial charge in [-0.3, -0.25) is 15.1 Å². The number of nitrogens with two attached hydrogens (primary N) is 1. The van der Waals surface area contributed by atoms with Gasteiger partial charge in [0.25, 0.3) is 0 Å². The second-order valence-electron chi connectivity index (χ2n) is 5.60. The van der Waals surface area contributed by atoms with E-state index in [4.69, 9.17) is 10.3 Å². The zero-order valence-electron chi connectivity index (χ0n) is 12.2. The Balaban J connectivity index is 1.87. The summed E-state index contributed by atoms with van der Waals surface area (Å²) in [5.74, 6) is 6.70. The van der Waals surface area contributed by atoms with E-state index in [-0.39, 0.29) is 11.7 Å². The van der Waals surface area contributed by atoms with E-state index >= 15 is 0 Å². The van der Waals surface area contributed by atoms with Crippen LogP contribution in [-0.4, -0.2) is 23.9 Å². The Morgan fingerprint density at radius 2 is 2.30 bits per heavy atom. The lowest BCUT2D eigenvalue weighted by molar-refractivity contribution is 0.0922. The lowest BCUT2D eigenvalue weighted by atomic mass is 9.96. The highest BCUT2D eigenvalue weighted by Crippen LogP contribution is 2.23. The third-order valence-corrected chi connectivity index (χ3v) is 4.03. The van der Waals surface area contributed by atoms with E-state index in [1.54, 1.807) is 6.07 Å². The quantitative estimate of drug-likeness (QED) is 0.493. The monoisotopic (exact) mass is 279 g/mol. The largest absolute Gasteiger partial charge is 0.455 e. The molecule has 1 aromatic rings. The molecule has 5 heteroatoms. The number of nitrogens with zero attached hydrogens (tertiary/aromatic N) is 1. The van der Waals surface area contributed by atoms with Crippen LogP contribution in [0, 0.1) is 5.92 Å². The molecule has 0 aromatic carbocycles. The molecular formula is C15H25N3O2. The van der Waals surface area contributed by atoms with Gasteiger partial charge in [0.15, 0.2) is 5.76 Å². The van der Waals surface area contributed by atoms with Crippen LogP contribution in [0.1, 0.15) is 55.3 Å². The zero-order chi connectivity index (χ0) is 14.4. The lowest BCUT2D eigenvalue weighted by Crippen LogP contribution is -2.29. The van der Waals surface area contributed by atoms with Crippen molar-refractivity contribution >= 4 is 5.91 Å². The Labute approximate surface area is 120 Å². The van der Waals surface area contributed by atoms with E-state index in [9.17, 15) is 4.79 Å². The number of furan rings is 1. The van der Waals surface area contributed by atoms with Crippen molar-refractivity contribution in [2.24, 2.45) is 11.8 Å². The molecule has 0 spiro atoms. The molecule has 1 atom stereocenters. The van der Waals surface area contributed by atoms with Gasteiger partial charge >= 0.3 is 5.91 Å². The van der Waals surface area contributed by atoms with Crippen LogP contribution in [-0.2, 0) is 6.54 Å². The highest BCUT2D eigenvalue weighted by molar-refractivity contribution is 5.90. The number of nitrogens with one attached hydrogen (secondary N) is 1. The molecule has 3 N–H and O–H groups in total. The molecule has 1 fully saturated rings. The number of likely N-dealkylation sites (tertiary alicyclic amines) is 1. The molecule has 5 nitrogen and oxygen atoms in total. The summed E-state index contributed by atoms with van der Waals surface area (Å²) in [6, 6.07) is 3.54. The fraction of sp³-hybridized carbons (Fsp3) is 0.667. The Morgan fingerprint density at radius 3 is 3.05 bits per heavy atom. The molecule has 1 aliphatic rings. The van der Waals surface area contributed by atoms with Crippen LogP contribution in [0.25, 0.3) is 0 Å². The Hall–Kier alpha value is -1.33. The van der Waals surface area contributed by atoms with Crippen molar-refractivity contribution in [2.75, 3.05) is 13.1 Å². The highest BCUT2D eigenvalue weighted by atomic mass is 16.4. The van der Waals surface area contributed by atoms with Crippen molar-refractivity contribution in [1.82, 2.24) is 10.3 Å². The first-order valence-corrected chi connectivity index (χ1v) is 7.55. The van der Waals surface area contributed by atoms with Crippen molar-refractivity contribution in [3.05, 3.63) is 23.7 Å². The molecule has 2 heterocycles. The summed E-state index contributed by atoms with van der Waals surface area (Å²) in [6.45, 7) is 5.26. The summed E-state index contributed by atoms with van der Waals surface area (Å²) in [6.07, 6.45) is 6.48. The van der Waals surface area contributed by atoms with Crippen LogP contribution >= 0.6 is 0 Å². The summed E-state index contributed by atoms with van der Waals surface area (Å²) in [5, 5.41) is 0. The number of carbonyl (C=O) groups excluding carboxylic acids is 1. The first-order valence-electron chi connectivity index (χ1n) is 7.55. The molecule has 1 saturated heterocycles. The smallest absolute Gasteiger partial charge is 0.300 e. The number of hydrogen-bond donors (Lipinski definition) is 2. The minimum Gasteiger partial charge on any atom is -0.455 e. The van der Waals surface area contributed by atoms with Crippen LogP contribution < -0.4 is 11.3 Å². The number of hydrogen-bond acceptors (Lipinski definition) is 4. The average Bonchev–Trinajstić information content (AvgIpc) is 2.80. The van der Waals surface area contributed by atoms with Crippen molar-refractivity contribution in [1.29, 1.82) is 0 Å². The number of amides is 1. The molecule has 20 heavy (non-hydrogen) atoms. The Kier molecular flexibility index (Phi) is 5.61. The Morgan fingerprint density at radius 1 is 1.45 bits per heavy atom. The van der Waals surface area contributed by atoms with Crippen molar-refractivity contribution in [3.63, 3.8) is 0 Å². The third kappa shape index (κ3) is 4.08. The topological polar surface area (TPSA) is 71.5 Å². The molecule has 1 aromatic heterocycles. The SMILES string of the molecule is CCCC1CCCN(Cc2ccc(C(=O)NN)o2)CC1. The maximum Gasteiger partial charge on any atom is 0.300 e. The summed E-state index contributed by atoms with van der Waals surface area (Å²) in [4.78, 5) is 13.8. The van der Waals surface area contributed by atoms with E-state index in [1.165, 1.54) is 32.1 Å². The van der Waals surface area contributed by atoms with Crippen molar-refractivity contribution in [3.8, 4) is 0 Å². The number of rotatable bonds is 5. The average molecular weight is 279 g/mol. The first kappa shape index (κ1) is 15.1. The number of nitrogen functional groups attached to an aromatic ring is 1. The van der Waals surface area contributed by atoms with Gasteiger partial charge in [-0.25, -0.2) is 5.84 Å². The molecule has 2 rings (SSSR count). The van der Waals surface area contributed by atoms with Gasteiger partial charge in [-0.15, -0.1) is 0 Å². The molecule has 0 bridgehead atoms. The summed E-state index contributed by atoms with van der Waals surface area (Å²) in [5.41, 5.74) is 2.08. The molecule has 1 amide bonds. The fourth-order valence-electron chi connectivity index (χ4n) is 2.96. The fourth-order valence-corrected chi connectivity index (χ4v) is 2.96. The van der Waals surface area contributed by atoms with Crippen molar-refractivity contribution < 1.29 is 9.21 Å². The van der Waals surface area contributed by atoms with Crippen LogP contribution in [0.5, 0.6) is 0 Å². The zero-order valence-corrected chi connectivity index (χ0v) is 12.2. The highest BCUT2D eigenvalue weighted by Gasteiger charge is 2.18. The van der Waals surface area contributed by atoms with Gasteiger partial charge in [-0.2, -0.15) is 0 Å². The van der Waals surface area contributed by atoms with Gasteiger partial charge in [0, 0.05) is 0 Å². The predicted octanol–water partition coefficient (Wildman–Crippen LogP) is 2.29. The van der Waals surface area contributed by atoms with E-state index in [0.29, 0.717) is 0 Å². The third-order valence-electron chi connectivity index (χ3n) is 4.03. The first-order chi connectivity index (χ1) is 9.72. The van der Waals surface area contributed by atoms with Crippen LogP contribution in [0.3, 0.4) is 0 Å². The van der Waals surface area contributed by atoms with Crippen LogP contribution in [0.2, 0.25) is 0 Å². The minimum absolute atomic E-state index is 0.279. The van der Waals surface area contributed by atoms with E-state index in [0.717, 1.165) is 31.3 Å². The molecule has 0 saturated carbocycles.